The van der Waals surface area contributed by atoms with Gasteiger partial charge in [-0.05, 0) is 31.5 Å². The van der Waals surface area contributed by atoms with Gasteiger partial charge in [0.25, 0.3) is 0 Å². The van der Waals surface area contributed by atoms with E-state index in [1.165, 1.54) is 23.1 Å². The SMILES string of the molecule is CCN(CC(=O)Nc1ccccc1C(F)(F)F)CC(=O)N[C@](C)(C#N)C(C)C. The number of hydrogen-bond acceptors (Lipinski definition) is 4. The number of nitrogens with one attached hydrogen (secondary N) is 2. The van der Waals surface area contributed by atoms with Gasteiger partial charge in [0.05, 0.1) is 30.4 Å². The van der Waals surface area contributed by atoms with Crippen LogP contribution >= 0.6 is 0 Å². The van der Waals surface area contributed by atoms with Gasteiger partial charge in [0.1, 0.15) is 5.54 Å². The molecule has 0 heterocycles. The minimum absolute atomic E-state index is 0.126. The fourth-order valence-corrected chi connectivity index (χ4v) is 2.35. The fourth-order valence-electron chi connectivity index (χ4n) is 2.35. The third-order valence-corrected chi connectivity index (χ3v) is 4.47. The fraction of sp³-hybridized carbons (Fsp3) is 0.526. The van der Waals surface area contributed by atoms with E-state index in [0.717, 1.165) is 6.07 Å². The third-order valence-electron chi connectivity index (χ3n) is 4.47. The molecule has 1 aromatic rings. The number of carbonyl (C=O) groups excluding carboxylic acids is 2. The molecule has 28 heavy (non-hydrogen) atoms. The molecular weight excluding hydrogens is 373 g/mol. The lowest BCUT2D eigenvalue weighted by Crippen LogP contribution is -2.52. The summed E-state index contributed by atoms with van der Waals surface area (Å²) in [5.74, 6) is -1.24. The van der Waals surface area contributed by atoms with E-state index in [1.54, 1.807) is 27.7 Å². The standard InChI is InChI=1S/C19H25F3N4O2/c1-5-26(11-17(28)25-18(4,12-23)13(2)3)10-16(27)24-15-9-7-6-8-14(15)19(20,21)22/h6-9,13H,5,10-11H2,1-4H3,(H,24,27)(H,25,28)/t18-/m1/s1. The maximum atomic E-state index is 13.0. The molecule has 1 rings (SSSR count). The Bertz CT molecular complexity index is 743. The van der Waals surface area contributed by atoms with Gasteiger partial charge < -0.3 is 10.6 Å². The summed E-state index contributed by atoms with van der Waals surface area (Å²) in [5, 5.41) is 14.1. The second kappa shape index (κ2) is 9.55. The average molecular weight is 398 g/mol. The van der Waals surface area contributed by atoms with Gasteiger partial charge in [-0.15, -0.1) is 0 Å². The number of rotatable bonds is 8. The molecule has 6 nitrogen and oxygen atoms in total. The van der Waals surface area contributed by atoms with Crippen molar-refractivity contribution in [2.75, 3.05) is 25.0 Å². The van der Waals surface area contributed by atoms with Crippen LogP contribution in [0.2, 0.25) is 0 Å². The Morgan fingerprint density at radius 2 is 1.75 bits per heavy atom. The summed E-state index contributed by atoms with van der Waals surface area (Å²) in [6, 6.07) is 6.74. The van der Waals surface area contributed by atoms with Crippen LogP contribution in [0.1, 0.15) is 33.3 Å². The summed E-state index contributed by atoms with van der Waals surface area (Å²) in [6.07, 6.45) is -4.59. The van der Waals surface area contributed by atoms with Gasteiger partial charge in [-0.3, -0.25) is 14.5 Å². The molecule has 154 valence electrons. The van der Waals surface area contributed by atoms with Crippen LogP contribution < -0.4 is 10.6 Å². The van der Waals surface area contributed by atoms with Crippen molar-refractivity contribution in [3.63, 3.8) is 0 Å². The van der Waals surface area contributed by atoms with Gasteiger partial charge in [0, 0.05) is 0 Å². The van der Waals surface area contributed by atoms with E-state index < -0.39 is 29.1 Å². The van der Waals surface area contributed by atoms with Crippen molar-refractivity contribution in [2.45, 2.75) is 39.4 Å². The van der Waals surface area contributed by atoms with Crippen molar-refractivity contribution in [3.8, 4) is 6.07 Å². The largest absolute Gasteiger partial charge is 0.418 e. The number of carbonyl (C=O) groups is 2. The highest BCUT2D eigenvalue weighted by Crippen LogP contribution is 2.34. The summed E-state index contributed by atoms with van der Waals surface area (Å²) in [4.78, 5) is 25.9. The van der Waals surface area contributed by atoms with Crippen LogP contribution in [0.4, 0.5) is 18.9 Å². The summed E-state index contributed by atoms with van der Waals surface area (Å²) in [6.45, 7) is 6.82. The van der Waals surface area contributed by atoms with Crippen molar-refractivity contribution in [1.82, 2.24) is 10.2 Å². The van der Waals surface area contributed by atoms with Crippen LogP contribution in [-0.4, -0.2) is 41.9 Å². The zero-order chi connectivity index (χ0) is 21.5. The minimum atomic E-state index is -4.59. The zero-order valence-electron chi connectivity index (χ0n) is 16.4. The topological polar surface area (TPSA) is 85.2 Å². The molecule has 0 unspecified atom stereocenters. The van der Waals surface area contributed by atoms with Gasteiger partial charge in [-0.2, -0.15) is 18.4 Å². The van der Waals surface area contributed by atoms with Gasteiger partial charge in [0.15, 0.2) is 0 Å². The first-order chi connectivity index (χ1) is 12.9. The van der Waals surface area contributed by atoms with Crippen LogP contribution in [0.3, 0.4) is 0 Å². The number of likely N-dealkylation sites (N-methyl/N-ethyl adjacent to an activating group) is 1. The van der Waals surface area contributed by atoms with E-state index in [4.69, 9.17) is 0 Å². The number of nitriles is 1. The van der Waals surface area contributed by atoms with Gasteiger partial charge in [-0.25, -0.2) is 0 Å². The van der Waals surface area contributed by atoms with Crippen LogP contribution in [-0.2, 0) is 15.8 Å². The molecule has 0 saturated heterocycles. The molecule has 0 aliphatic heterocycles. The Morgan fingerprint density at radius 1 is 1.18 bits per heavy atom. The number of alkyl halides is 3. The molecule has 0 radical (unpaired) electrons. The molecule has 0 aromatic heterocycles. The maximum absolute atomic E-state index is 13.0. The quantitative estimate of drug-likeness (QED) is 0.705. The van der Waals surface area contributed by atoms with E-state index >= 15 is 0 Å². The van der Waals surface area contributed by atoms with Gasteiger partial charge in [0.2, 0.25) is 11.8 Å². The molecule has 0 aliphatic carbocycles. The van der Waals surface area contributed by atoms with Gasteiger partial charge in [-0.1, -0.05) is 32.9 Å². The molecular formula is C19H25F3N4O2. The second-order valence-electron chi connectivity index (χ2n) is 6.91. The Hall–Kier alpha value is -2.60. The molecule has 2 N–H and O–H groups in total. The van der Waals surface area contributed by atoms with E-state index in [2.05, 4.69) is 16.7 Å². The molecule has 0 aliphatic rings. The lowest BCUT2D eigenvalue weighted by atomic mass is 9.90. The van der Waals surface area contributed by atoms with Crippen LogP contribution in [0, 0.1) is 17.2 Å². The first-order valence-electron chi connectivity index (χ1n) is 8.83. The molecule has 1 aromatic carbocycles. The van der Waals surface area contributed by atoms with E-state index in [-0.39, 0.29) is 24.7 Å². The molecule has 2 amide bonds. The highest BCUT2D eigenvalue weighted by Gasteiger charge is 2.34. The maximum Gasteiger partial charge on any atom is 0.418 e. The van der Waals surface area contributed by atoms with E-state index in [1.807, 2.05) is 0 Å². The van der Waals surface area contributed by atoms with E-state index in [9.17, 15) is 28.0 Å². The predicted molar refractivity (Wildman–Crippen MR) is 99.2 cm³/mol. The molecule has 0 spiro atoms. The number of para-hydroxylation sites is 1. The third kappa shape index (κ3) is 6.53. The number of hydrogen-bond donors (Lipinski definition) is 2. The number of halogens is 3. The van der Waals surface area contributed by atoms with E-state index in [0.29, 0.717) is 6.54 Å². The lowest BCUT2D eigenvalue weighted by molar-refractivity contribution is -0.137. The Labute approximate surface area is 162 Å². The summed E-state index contributed by atoms with van der Waals surface area (Å²) in [5.41, 5.74) is -2.33. The molecule has 0 bridgehead atoms. The summed E-state index contributed by atoms with van der Waals surface area (Å²) in [7, 11) is 0. The normalized spacial score (nSPS) is 13.7. The average Bonchev–Trinajstić information content (AvgIpc) is 2.60. The monoisotopic (exact) mass is 398 g/mol. The van der Waals surface area contributed by atoms with Crippen LogP contribution in [0.25, 0.3) is 0 Å². The van der Waals surface area contributed by atoms with Crippen molar-refractivity contribution in [1.29, 1.82) is 5.26 Å². The first kappa shape index (κ1) is 23.4. The van der Waals surface area contributed by atoms with Crippen molar-refractivity contribution < 1.29 is 22.8 Å². The van der Waals surface area contributed by atoms with Crippen molar-refractivity contribution in [3.05, 3.63) is 29.8 Å². The first-order valence-corrected chi connectivity index (χ1v) is 8.83. The lowest BCUT2D eigenvalue weighted by Gasteiger charge is -2.29. The number of nitrogens with zero attached hydrogens (tertiary/aromatic N) is 2. The Balaban J connectivity index is 2.75. The van der Waals surface area contributed by atoms with Crippen molar-refractivity contribution in [2.24, 2.45) is 5.92 Å². The Morgan fingerprint density at radius 3 is 2.25 bits per heavy atom. The van der Waals surface area contributed by atoms with Crippen molar-refractivity contribution >= 4 is 17.5 Å². The molecule has 0 fully saturated rings. The number of anilines is 1. The molecule has 0 saturated carbocycles. The smallest absolute Gasteiger partial charge is 0.337 e. The minimum Gasteiger partial charge on any atom is -0.337 e. The highest BCUT2D eigenvalue weighted by molar-refractivity contribution is 5.93. The molecule has 9 heteroatoms. The zero-order valence-corrected chi connectivity index (χ0v) is 16.4. The summed E-state index contributed by atoms with van der Waals surface area (Å²) >= 11 is 0. The highest BCUT2D eigenvalue weighted by atomic mass is 19.4. The summed E-state index contributed by atoms with van der Waals surface area (Å²) < 4.78 is 39.0. The molecule has 1 atom stereocenters. The van der Waals surface area contributed by atoms with Crippen LogP contribution in [0.15, 0.2) is 24.3 Å². The van der Waals surface area contributed by atoms with Gasteiger partial charge >= 0.3 is 6.18 Å². The van der Waals surface area contributed by atoms with Crippen LogP contribution in [0.5, 0.6) is 0 Å². The second-order valence-corrected chi connectivity index (χ2v) is 6.91. The Kier molecular flexibility index (Phi) is 8.00. The number of benzene rings is 1. The predicted octanol–water partition coefficient (Wildman–Crippen LogP) is 3.02. The number of amides is 2.